The zero-order valence-corrected chi connectivity index (χ0v) is 37.3. The van der Waals surface area contributed by atoms with Crippen LogP contribution in [-0.2, 0) is 75.9 Å². The predicted molar refractivity (Wildman–Crippen MR) is 212 cm³/mol. The van der Waals surface area contributed by atoms with Gasteiger partial charge < -0.3 is 66.3 Å². The van der Waals surface area contributed by atoms with Crippen molar-refractivity contribution < 1.29 is 75.9 Å². The van der Waals surface area contributed by atoms with Crippen LogP contribution < -0.4 is 0 Å². The Morgan fingerprint density at radius 2 is 0.817 bits per heavy atom. The highest BCUT2D eigenvalue weighted by Crippen LogP contribution is 2.47. The molecule has 16 heteroatoms. The van der Waals surface area contributed by atoms with Gasteiger partial charge in [-0.1, -0.05) is 27.7 Å². The Morgan fingerprint density at radius 3 is 1.13 bits per heavy atom. The molecule has 5 heterocycles. The van der Waals surface area contributed by atoms with Crippen molar-refractivity contribution >= 4 is 11.9 Å². The van der Waals surface area contributed by atoms with Crippen molar-refractivity contribution in [3.05, 3.63) is 0 Å². The Balaban J connectivity index is 1.13. The van der Waals surface area contributed by atoms with E-state index in [9.17, 15) is 9.59 Å². The van der Waals surface area contributed by atoms with Crippen molar-refractivity contribution in [3.63, 3.8) is 0 Å². The van der Waals surface area contributed by atoms with Crippen LogP contribution in [0.15, 0.2) is 0 Å². The zero-order valence-electron chi connectivity index (χ0n) is 37.3. The molecule has 344 valence electrons. The van der Waals surface area contributed by atoms with Crippen molar-refractivity contribution in [1.82, 2.24) is 0 Å². The number of ether oxygens (including phenoxy) is 14. The third kappa shape index (κ3) is 10.5. The average molecular weight is 857 g/mol. The molecule has 4 bridgehead atoms. The number of esters is 2. The van der Waals surface area contributed by atoms with Crippen LogP contribution in [0.3, 0.4) is 0 Å². The molecule has 0 N–H and O–H groups in total. The van der Waals surface area contributed by atoms with Crippen molar-refractivity contribution in [1.29, 1.82) is 0 Å². The van der Waals surface area contributed by atoms with Crippen LogP contribution in [0, 0.1) is 35.5 Å². The van der Waals surface area contributed by atoms with Gasteiger partial charge in [-0.15, -0.1) is 0 Å². The van der Waals surface area contributed by atoms with Gasteiger partial charge in [0, 0.05) is 80.2 Å². The van der Waals surface area contributed by atoms with Gasteiger partial charge in [0.1, 0.15) is 48.8 Å². The summed E-state index contributed by atoms with van der Waals surface area (Å²) in [6, 6.07) is 0. The fraction of sp³-hybridized carbons (Fsp3) is 0.955. The van der Waals surface area contributed by atoms with E-state index in [-0.39, 0.29) is 110 Å². The van der Waals surface area contributed by atoms with Crippen molar-refractivity contribution in [2.45, 2.75) is 177 Å². The lowest BCUT2D eigenvalue weighted by molar-refractivity contribution is -0.309. The van der Waals surface area contributed by atoms with Crippen molar-refractivity contribution in [2.75, 3.05) is 55.9 Å². The highest BCUT2D eigenvalue weighted by atomic mass is 16.7. The van der Waals surface area contributed by atoms with Gasteiger partial charge in [-0.3, -0.25) is 9.59 Å². The van der Waals surface area contributed by atoms with E-state index < -0.39 is 49.2 Å². The van der Waals surface area contributed by atoms with E-state index in [4.69, 9.17) is 66.3 Å². The first kappa shape index (κ1) is 46.5. The SMILES string of the molecule is CO[C@@H]1[C@@H](OC)[C@H](O[C@H]2C[C@H]3C[C@@H]([C@H]4C[C@@H]4C)OC(=O)C[C@@H]4O[C@@H](C[C@H](O[C@@H]5OC[C@@H](OC)[C@H](OC)[C@H]5OC)[C@H]4C)C[C@@H]([C@H]4C[C@@H]4C)OC(=O)C[C@H](O3)[C@@H]2C)OC[C@H]1OC. The molecule has 0 unspecified atom stereocenters. The van der Waals surface area contributed by atoms with Crippen molar-refractivity contribution in [2.24, 2.45) is 35.5 Å². The topological polar surface area (TPSA) is 163 Å². The van der Waals surface area contributed by atoms with E-state index in [1.54, 1.807) is 42.7 Å². The molecular weight excluding hydrogens is 784 g/mol. The van der Waals surface area contributed by atoms with E-state index in [1.807, 2.05) is 13.8 Å². The fourth-order valence-corrected chi connectivity index (χ4v) is 10.6. The Kier molecular flexibility index (Phi) is 15.9. The Bertz CT molecular complexity index is 1300. The lowest BCUT2D eigenvalue weighted by Gasteiger charge is -2.46. The Hall–Kier alpha value is -1.54. The summed E-state index contributed by atoms with van der Waals surface area (Å²) in [5.41, 5.74) is 0. The van der Waals surface area contributed by atoms with E-state index in [0.717, 1.165) is 12.8 Å². The lowest BCUT2D eigenvalue weighted by atomic mass is 9.85. The normalized spacial score (nSPS) is 49.1. The maximum absolute atomic E-state index is 14.1. The molecular formula is C44H72O16. The molecule has 7 rings (SSSR count). The summed E-state index contributed by atoms with van der Waals surface area (Å²) in [7, 11) is 9.70. The molecule has 0 amide bonds. The number of rotatable bonds is 12. The number of fused-ring (bicyclic) bond motifs is 4. The van der Waals surface area contributed by atoms with Gasteiger partial charge in [-0.25, -0.2) is 0 Å². The standard InChI is InChI=1S/C44H72O16/c1-21-11-27(21)33-15-25-13-29(59-43-41(51-9)39(49-7)35(47-5)19-53-43)23(3)32(55-25)18-38(46)58-34(28-12-22(28)2)16-26-14-30(24(4)31(56-26)17-37(45)57-33)60-44-42(52-10)40(50-8)36(48-6)20-54-44/h21-36,39-44H,11-20H2,1-10H3/t21-,22-,23+,24+,25-,26-,27-,28-,29-,30-,31-,32-,33-,34-,35+,36+,39-,40-,41+,42+,43-,44-/m0/s1. The summed E-state index contributed by atoms with van der Waals surface area (Å²) in [5, 5.41) is 0. The van der Waals surface area contributed by atoms with Crippen LogP contribution in [0.5, 0.6) is 0 Å². The summed E-state index contributed by atoms with van der Waals surface area (Å²) in [6.45, 7) is 8.99. The number of hydrogen-bond donors (Lipinski definition) is 0. The quantitative estimate of drug-likeness (QED) is 0.260. The first-order chi connectivity index (χ1) is 28.9. The van der Waals surface area contributed by atoms with E-state index in [2.05, 4.69) is 13.8 Å². The van der Waals surface area contributed by atoms with Gasteiger partial charge in [0.05, 0.1) is 62.7 Å². The minimum atomic E-state index is -0.733. The molecule has 7 aliphatic rings. The summed E-state index contributed by atoms with van der Waals surface area (Å²) in [6.07, 6.45) is -3.31. The molecule has 5 aliphatic heterocycles. The number of carbonyl (C=O) groups excluding carboxylic acids is 2. The minimum absolute atomic E-state index is 0.0442. The summed E-state index contributed by atoms with van der Waals surface area (Å²) >= 11 is 0. The molecule has 5 saturated heterocycles. The molecule has 0 radical (unpaired) electrons. The van der Waals surface area contributed by atoms with Gasteiger partial charge >= 0.3 is 11.9 Å². The molecule has 0 aromatic heterocycles. The number of methoxy groups -OCH3 is 6. The molecule has 0 spiro atoms. The Morgan fingerprint density at radius 1 is 0.450 bits per heavy atom. The van der Waals surface area contributed by atoms with Gasteiger partial charge in [0.2, 0.25) is 0 Å². The molecule has 2 saturated carbocycles. The Labute approximate surface area is 355 Å². The molecule has 0 aromatic carbocycles. The van der Waals surface area contributed by atoms with E-state index >= 15 is 0 Å². The van der Waals surface area contributed by atoms with Crippen LogP contribution in [0.25, 0.3) is 0 Å². The third-order valence-corrected chi connectivity index (χ3v) is 14.7. The van der Waals surface area contributed by atoms with E-state index in [1.165, 1.54) is 0 Å². The second-order valence-electron chi connectivity index (χ2n) is 18.6. The van der Waals surface area contributed by atoms with Gasteiger partial charge in [0.25, 0.3) is 0 Å². The minimum Gasteiger partial charge on any atom is -0.462 e. The molecule has 16 nitrogen and oxygen atoms in total. The second-order valence-corrected chi connectivity index (χ2v) is 18.6. The number of carbonyl (C=O) groups is 2. The maximum Gasteiger partial charge on any atom is 0.308 e. The van der Waals surface area contributed by atoms with Gasteiger partial charge in [-0.05, 0) is 36.5 Å². The first-order valence-corrected chi connectivity index (χ1v) is 22.3. The maximum atomic E-state index is 14.1. The number of hydrogen-bond acceptors (Lipinski definition) is 16. The molecule has 7 fully saturated rings. The fourth-order valence-electron chi connectivity index (χ4n) is 10.6. The lowest BCUT2D eigenvalue weighted by Crippen LogP contribution is -2.58. The molecule has 2 aliphatic carbocycles. The van der Waals surface area contributed by atoms with Gasteiger partial charge in [-0.2, -0.15) is 0 Å². The monoisotopic (exact) mass is 856 g/mol. The highest BCUT2D eigenvalue weighted by molar-refractivity contribution is 5.71. The highest BCUT2D eigenvalue weighted by Gasteiger charge is 2.52. The molecule has 22 atom stereocenters. The summed E-state index contributed by atoms with van der Waals surface area (Å²) in [4.78, 5) is 28.2. The molecule has 60 heavy (non-hydrogen) atoms. The van der Waals surface area contributed by atoms with Crippen LogP contribution in [0.2, 0.25) is 0 Å². The third-order valence-electron chi connectivity index (χ3n) is 14.7. The van der Waals surface area contributed by atoms with Crippen molar-refractivity contribution in [3.8, 4) is 0 Å². The van der Waals surface area contributed by atoms with E-state index in [0.29, 0.717) is 37.5 Å². The van der Waals surface area contributed by atoms with Crippen LogP contribution in [0.1, 0.15) is 79.1 Å². The zero-order chi connectivity index (χ0) is 42.8. The van der Waals surface area contributed by atoms with Gasteiger partial charge in [0.15, 0.2) is 12.6 Å². The van der Waals surface area contributed by atoms with Crippen LogP contribution in [0.4, 0.5) is 0 Å². The smallest absolute Gasteiger partial charge is 0.308 e. The van der Waals surface area contributed by atoms with Crippen LogP contribution in [-0.4, -0.2) is 166 Å². The summed E-state index contributed by atoms with van der Waals surface area (Å²) in [5.74, 6) is 0.143. The molecule has 0 aromatic rings. The number of cyclic esters (lactones) is 2. The predicted octanol–water partition coefficient (Wildman–Crippen LogP) is 3.86. The van der Waals surface area contributed by atoms with Crippen LogP contribution >= 0.6 is 0 Å². The largest absolute Gasteiger partial charge is 0.462 e. The second kappa shape index (κ2) is 20.5. The summed E-state index contributed by atoms with van der Waals surface area (Å²) < 4.78 is 86.9. The average Bonchev–Trinajstić information content (AvgIpc) is 4.16. The first-order valence-electron chi connectivity index (χ1n) is 22.3.